The van der Waals surface area contributed by atoms with Gasteiger partial charge in [-0.2, -0.15) is 0 Å². The molecular weight excluding hydrogens is 995 g/mol. The molecule has 0 bridgehead atoms. The molecule has 6 heteroatoms. The molecule has 6 nitrogen and oxygen atoms in total. The minimum absolute atomic E-state index is 0.00633. The Hall–Kier alpha value is -1.92. The average molecular weight is 1140 g/mol. The number of amides is 1. The number of aliphatic hydroxyl groups excluding tert-OH is 2. The Morgan fingerprint density at radius 1 is 0.346 bits per heavy atom. The fourth-order valence-corrected chi connectivity index (χ4v) is 11.6. The van der Waals surface area contributed by atoms with Crippen molar-refractivity contribution in [3.05, 3.63) is 36.5 Å². The summed E-state index contributed by atoms with van der Waals surface area (Å²) in [6, 6.07) is -0.542. The number of hydrogen-bond acceptors (Lipinski definition) is 5. The second-order valence-electron chi connectivity index (χ2n) is 25.3. The van der Waals surface area contributed by atoms with Crippen molar-refractivity contribution in [3.63, 3.8) is 0 Å². The molecule has 0 aromatic rings. The van der Waals surface area contributed by atoms with Gasteiger partial charge in [0.1, 0.15) is 0 Å². The van der Waals surface area contributed by atoms with E-state index in [4.69, 9.17) is 4.74 Å². The summed E-state index contributed by atoms with van der Waals surface area (Å²) in [6.45, 7) is 4.98. The molecule has 0 saturated heterocycles. The van der Waals surface area contributed by atoms with Gasteiger partial charge in [-0.15, -0.1) is 0 Å². The van der Waals surface area contributed by atoms with E-state index >= 15 is 0 Å². The highest BCUT2D eigenvalue weighted by Crippen LogP contribution is 2.19. The predicted molar refractivity (Wildman–Crippen MR) is 356 cm³/mol. The molecule has 0 fully saturated rings. The van der Waals surface area contributed by atoms with Crippen LogP contribution in [0.1, 0.15) is 406 Å². The highest BCUT2D eigenvalue weighted by Gasteiger charge is 2.20. The zero-order valence-corrected chi connectivity index (χ0v) is 54.8. The lowest BCUT2D eigenvalue weighted by Gasteiger charge is -2.22. The Balaban J connectivity index is 3.39. The van der Waals surface area contributed by atoms with Crippen molar-refractivity contribution in [2.75, 3.05) is 13.2 Å². The topological polar surface area (TPSA) is 95.9 Å². The van der Waals surface area contributed by atoms with E-state index in [9.17, 15) is 19.8 Å². The number of rotatable bonds is 69. The molecular formula is C75H143NO5. The molecule has 0 spiro atoms. The van der Waals surface area contributed by atoms with E-state index in [2.05, 4.69) is 55.6 Å². The van der Waals surface area contributed by atoms with E-state index in [0.29, 0.717) is 25.9 Å². The maximum Gasteiger partial charge on any atom is 0.305 e. The van der Waals surface area contributed by atoms with Crippen molar-refractivity contribution in [1.82, 2.24) is 5.32 Å². The van der Waals surface area contributed by atoms with Crippen LogP contribution in [-0.4, -0.2) is 47.4 Å². The van der Waals surface area contributed by atoms with E-state index < -0.39 is 12.1 Å². The molecule has 0 aromatic heterocycles. The largest absolute Gasteiger partial charge is 0.466 e. The summed E-state index contributed by atoms with van der Waals surface area (Å²) >= 11 is 0. The molecule has 1 amide bonds. The van der Waals surface area contributed by atoms with Gasteiger partial charge in [-0.3, -0.25) is 9.59 Å². The van der Waals surface area contributed by atoms with Gasteiger partial charge in [0.25, 0.3) is 0 Å². The first-order valence-electron chi connectivity index (χ1n) is 36.7. The fourth-order valence-electron chi connectivity index (χ4n) is 11.6. The summed E-state index contributed by atoms with van der Waals surface area (Å²) in [5.41, 5.74) is 0. The molecule has 0 rings (SSSR count). The monoisotopic (exact) mass is 1140 g/mol. The number of aliphatic hydroxyl groups is 2. The maximum absolute atomic E-state index is 12.5. The average Bonchev–Trinajstić information content (AvgIpc) is 3.47. The van der Waals surface area contributed by atoms with Crippen LogP contribution in [0.15, 0.2) is 36.5 Å². The smallest absolute Gasteiger partial charge is 0.305 e. The quantitative estimate of drug-likeness (QED) is 0.0320. The van der Waals surface area contributed by atoms with Crippen molar-refractivity contribution < 1.29 is 24.5 Å². The third-order valence-corrected chi connectivity index (χ3v) is 17.2. The van der Waals surface area contributed by atoms with Crippen LogP contribution < -0.4 is 5.32 Å². The standard InChI is InChI=1S/C75H143NO5/c1-3-5-7-9-11-13-15-17-19-36-39-43-47-51-55-59-63-67-73(78)72(71-77)76-74(79)68-64-60-56-52-48-44-40-37-34-32-30-28-26-24-22-21-23-25-27-29-31-33-35-38-42-46-50-54-58-62-66-70-81-75(80)69-65-61-57-53-49-45-41-20-18-16-14-12-10-8-6-4-2/h20,23,25,29,31,41,72-73,77-78H,3-19,21-22,24,26-28,30,32-40,42-71H2,1-2H3,(H,76,79)/b25-23-,31-29-,41-20-. The van der Waals surface area contributed by atoms with Crippen LogP contribution in [0.5, 0.6) is 0 Å². The minimum Gasteiger partial charge on any atom is -0.466 e. The third kappa shape index (κ3) is 67.1. The van der Waals surface area contributed by atoms with E-state index in [-0.39, 0.29) is 18.5 Å². The van der Waals surface area contributed by atoms with E-state index in [1.165, 1.54) is 321 Å². The van der Waals surface area contributed by atoms with Crippen LogP contribution in [0, 0.1) is 0 Å². The highest BCUT2D eigenvalue weighted by atomic mass is 16.5. The molecule has 478 valence electrons. The predicted octanol–water partition coefficient (Wildman–Crippen LogP) is 23.9. The zero-order valence-electron chi connectivity index (χ0n) is 54.8. The lowest BCUT2D eigenvalue weighted by molar-refractivity contribution is -0.143. The highest BCUT2D eigenvalue weighted by molar-refractivity contribution is 5.76. The Labute approximate surface area is 506 Å². The normalized spacial score (nSPS) is 12.7. The molecule has 0 saturated carbocycles. The second kappa shape index (κ2) is 70.6. The Bertz CT molecular complexity index is 1310. The van der Waals surface area contributed by atoms with Crippen molar-refractivity contribution in [2.45, 2.75) is 418 Å². The van der Waals surface area contributed by atoms with Crippen molar-refractivity contribution in [2.24, 2.45) is 0 Å². The summed E-state index contributed by atoms with van der Waals surface area (Å²) in [6.07, 6.45) is 90.6. The van der Waals surface area contributed by atoms with Gasteiger partial charge in [-0.25, -0.2) is 0 Å². The van der Waals surface area contributed by atoms with Gasteiger partial charge in [0.2, 0.25) is 5.91 Å². The van der Waals surface area contributed by atoms with Crippen LogP contribution in [-0.2, 0) is 14.3 Å². The van der Waals surface area contributed by atoms with E-state index in [0.717, 1.165) is 51.4 Å². The number of esters is 1. The number of carbonyl (C=O) groups is 2. The van der Waals surface area contributed by atoms with Crippen LogP contribution in [0.2, 0.25) is 0 Å². The minimum atomic E-state index is -0.664. The number of hydrogen-bond donors (Lipinski definition) is 3. The number of ether oxygens (including phenoxy) is 1. The molecule has 0 aliphatic heterocycles. The number of allylic oxidation sites excluding steroid dienone is 6. The van der Waals surface area contributed by atoms with Crippen molar-refractivity contribution in [3.8, 4) is 0 Å². The number of unbranched alkanes of at least 4 members (excludes halogenated alkanes) is 52. The van der Waals surface area contributed by atoms with Crippen LogP contribution >= 0.6 is 0 Å². The molecule has 81 heavy (non-hydrogen) atoms. The third-order valence-electron chi connectivity index (χ3n) is 17.2. The molecule has 3 N–H and O–H groups in total. The Kier molecular flexibility index (Phi) is 68.9. The molecule has 2 atom stereocenters. The van der Waals surface area contributed by atoms with Gasteiger partial charge in [-0.1, -0.05) is 346 Å². The van der Waals surface area contributed by atoms with E-state index in [1.807, 2.05) is 0 Å². The fraction of sp³-hybridized carbons (Fsp3) is 0.893. The second-order valence-corrected chi connectivity index (χ2v) is 25.3. The first kappa shape index (κ1) is 79.1. The first-order valence-corrected chi connectivity index (χ1v) is 36.7. The first-order chi connectivity index (χ1) is 40.0. The van der Waals surface area contributed by atoms with Gasteiger partial charge in [0.05, 0.1) is 25.4 Å². The van der Waals surface area contributed by atoms with Gasteiger partial charge in [-0.05, 0) is 83.5 Å². The maximum atomic E-state index is 12.5. The van der Waals surface area contributed by atoms with Gasteiger partial charge >= 0.3 is 5.97 Å². The lowest BCUT2D eigenvalue weighted by Crippen LogP contribution is -2.45. The summed E-state index contributed by atoms with van der Waals surface area (Å²) in [4.78, 5) is 24.6. The Morgan fingerprint density at radius 3 is 0.951 bits per heavy atom. The van der Waals surface area contributed by atoms with Gasteiger partial charge < -0.3 is 20.3 Å². The lowest BCUT2D eigenvalue weighted by atomic mass is 10.0. The van der Waals surface area contributed by atoms with Gasteiger partial charge in [0, 0.05) is 12.8 Å². The zero-order chi connectivity index (χ0) is 58.5. The summed E-state index contributed by atoms with van der Waals surface area (Å²) in [5, 5.41) is 23.4. The molecule has 0 aliphatic carbocycles. The number of carbonyl (C=O) groups excluding carboxylic acids is 2. The van der Waals surface area contributed by atoms with E-state index in [1.54, 1.807) is 0 Å². The van der Waals surface area contributed by atoms with Crippen LogP contribution in [0.3, 0.4) is 0 Å². The van der Waals surface area contributed by atoms with Crippen molar-refractivity contribution >= 4 is 11.9 Å². The molecule has 2 unspecified atom stereocenters. The van der Waals surface area contributed by atoms with Crippen molar-refractivity contribution in [1.29, 1.82) is 0 Å². The molecule has 0 aliphatic rings. The molecule has 0 radical (unpaired) electrons. The summed E-state index contributed by atoms with van der Waals surface area (Å²) < 4.78 is 5.49. The molecule has 0 aromatic carbocycles. The Morgan fingerprint density at radius 2 is 0.617 bits per heavy atom. The van der Waals surface area contributed by atoms with Crippen LogP contribution in [0.4, 0.5) is 0 Å². The van der Waals surface area contributed by atoms with Crippen LogP contribution in [0.25, 0.3) is 0 Å². The van der Waals surface area contributed by atoms with Gasteiger partial charge in [0.15, 0.2) is 0 Å². The summed E-state index contributed by atoms with van der Waals surface area (Å²) in [7, 11) is 0. The summed E-state index contributed by atoms with van der Waals surface area (Å²) in [5.74, 6) is -0.0247. The number of nitrogens with one attached hydrogen (secondary N) is 1. The SMILES string of the molecule is CCCCCCCCC/C=C\CCCCCCCC(=O)OCCCCCCCCCCC/C=C\C/C=C\CCCCCCCCCCCCCCCCCC(=O)NC(CO)C(O)CCCCCCCCCCCCCCCCCCC. The molecule has 0 heterocycles.